The SMILES string of the molecule is CNS(=O)(=O)c1cc(C(=O)Nc2cc(N3CCCS3(=O)=O)ccc2O)ccc1OC. The molecule has 1 aliphatic heterocycles. The van der Waals surface area contributed by atoms with Gasteiger partial charge in [-0.2, -0.15) is 0 Å². The van der Waals surface area contributed by atoms with Crippen molar-refractivity contribution in [1.29, 1.82) is 0 Å². The molecule has 10 nitrogen and oxygen atoms in total. The van der Waals surface area contributed by atoms with Crippen LogP contribution in [0.15, 0.2) is 41.3 Å². The Morgan fingerprint density at radius 1 is 1.20 bits per heavy atom. The van der Waals surface area contributed by atoms with Crippen molar-refractivity contribution in [1.82, 2.24) is 4.72 Å². The first-order valence-corrected chi connectivity index (χ1v) is 11.9. The quantitative estimate of drug-likeness (QED) is 0.554. The zero-order valence-electron chi connectivity index (χ0n) is 16.2. The molecule has 30 heavy (non-hydrogen) atoms. The summed E-state index contributed by atoms with van der Waals surface area (Å²) >= 11 is 0. The molecule has 1 heterocycles. The van der Waals surface area contributed by atoms with E-state index in [1.807, 2.05) is 0 Å². The number of nitrogens with one attached hydrogen (secondary N) is 2. The zero-order valence-corrected chi connectivity index (χ0v) is 17.9. The number of phenols is 1. The number of nitrogens with zero attached hydrogens (tertiary/aromatic N) is 1. The summed E-state index contributed by atoms with van der Waals surface area (Å²) in [6.07, 6.45) is 0.486. The molecule has 1 saturated heterocycles. The molecule has 0 atom stereocenters. The largest absolute Gasteiger partial charge is 0.506 e. The van der Waals surface area contributed by atoms with Gasteiger partial charge < -0.3 is 15.2 Å². The van der Waals surface area contributed by atoms with Gasteiger partial charge in [-0.15, -0.1) is 0 Å². The van der Waals surface area contributed by atoms with Gasteiger partial charge in [0.15, 0.2) is 0 Å². The first-order chi connectivity index (χ1) is 14.1. The van der Waals surface area contributed by atoms with Gasteiger partial charge in [0.2, 0.25) is 20.0 Å². The van der Waals surface area contributed by atoms with E-state index in [1.54, 1.807) is 0 Å². The van der Waals surface area contributed by atoms with E-state index in [2.05, 4.69) is 10.0 Å². The molecule has 1 amide bonds. The molecular weight excluding hydrogens is 434 g/mol. The highest BCUT2D eigenvalue weighted by molar-refractivity contribution is 7.93. The van der Waals surface area contributed by atoms with Crippen molar-refractivity contribution in [2.45, 2.75) is 11.3 Å². The Balaban J connectivity index is 1.93. The van der Waals surface area contributed by atoms with Crippen molar-refractivity contribution in [2.75, 3.05) is 36.1 Å². The minimum atomic E-state index is -3.89. The minimum absolute atomic E-state index is 0.00298. The molecule has 0 unspecified atom stereocenters. The third-order valence-corrected chi connectivity index (χ3v) is 7.90. The van der Waals surface area contributed by atoms with Gasteiger partial charge in [0.05, 0.1) is 24.2 Å². The topological polar surface area (TPSA) is 142 Å². The van der Waals surface area contributed by atoms with Crippen molar-refractivity contribution in [2.24, 2.45) is 0 Å². The summed E-state index contributed by atoms with van der Waals surface area (Å²) in [7, 11) is -4.78. The van der Waals surface area contributed by atoms with Gasteiger partial charge in [-0.3, -0.25) is 9.10 Å². The molecule has 0 bridgehead atoms. The summed E-state index contributed by atoms with van der Waals surface area (Å²) in [5.41, 5.74) is 0.311. The van der Waals surface area contributed by atoms with E-state index in [-0.39, 0.29) is 33.4 Å². The second kappa shape index (κ2) is 8.13. The second-order valence-corrected chi connectivity index (χ2v) is 10.3. The Bertz CT molecular complexity index is 1190. The van der Waals surface area contributed by atoms with Crippen LogP contribution in [0.2, 0.25) is 0 Å². The van der Waals surface area contributed by atoms with Crippen LogP contribution >= 0.6 is 0 Å². The molecule has 162 valence electrons. The summed E-state index contributed by atoms with van der Waals surface area (Å²) in [5.74, 6) is -0.864. The molecule has 12 heteroatoms. The number of carbonyl (C=O) groups excluding carboxylic acids is 1. The van der Waals surface area contributed by atoms with Crippen LogP contribution in [-0.4, -0.2) is 54.3 Å². The van der Waals surface area contributed by atoms with E-state index in [1.165, 1.54) is 48.8 Å². The Morgan fingerprint density at radius 3 is 2.53 bits per heavy atom. The molecule has 0 aromatic heterocycles. The lowest BCUT2D eigenvalue weighted by Crippen LogP contribution is -2.25. The maximum Gasteiger partial charge on any atom is 0.255 e. The highest BCUT2D eigenvalue weighted by atomic mass is 32.2. The van der Waals surface area contributed by atoms with Crippen LogP contribution in [0, 0.1) is 0 Å². The number of benzene rings is 2. The number of phenolic OH excluding ortho intramolecular Hbond substituents is 1. The van der Waals surface area contributed by atoms with Gasteiger partial charge in [-0.05, 0) is 49.9 Å². The van der Waals surface area contributed by atoms with Gasteiger partial charge in [-0.1, -0.05) is 0 Å². The number of ether oxygens (including phenoxy) is 1. The minimum Gasteiger partial charge on any atom is -0.506 e. The summed E-state index contributed by atoms with van der Waals surface area (Å²) in [6, 6.07) is 7.93. The van der Waals surface area contributed by atoms with Crippen LogP contribution < -0.4 is 19.1 Å². The van der Waals surface area contributed by atoms with E-state index in [4.69, 9.17) is 4.74 Å². The number of sulfonamides is 2. The Kier molecular flexibility index (Phi) is 5.92. The molecule has 0 spiro atoms. The molecule has 0 aliphatic carbocycles. The first kappa shape index (κ1) is 21.9. The number of amides is 1. The van der Waals surface area contributed by atoms with Crippen LogP contribution in [0.1, 0.15) is 16.8 Å². The van der Waals surface area contributed by atoms with Gasteiger partial charge >= 0.3 is 0 Å². The zero-order chi connectivity index (χ0) is 22.1. The Labute approximate surface area is 174 Å². The Morgan fingerprint density at radius 2 is 1.93 bits per heavy atom. The molecule has 2 aromatic rings. The monoisotopic (exact) mass is 455 g/mol. The van der Waals surface area contributed by atoms with Crippen LogP contribution in [-0.2, 0) is 20.0 Å². The Hall–Kier alpha value is -2.83. The molecule has 1 fully saturated rings. The third kappa shape index (κ3) is 4.20. The van der Waals surface area contributed by atoms with Crippen molar-refractivity contribution >= 4 is 37.3 Å². The van der Waals surface area contributed by atoms with E-state index < -0.39 is 26.0 Å². The van der Waals surface area contributed by atoms with Crippen molar-refractivity contribution in [3.05, 3.63) is 42.0 Å². The van der Waals surface area contributed by atoms with Gasteiger partial charge in [0.1, 0.15) is 16.4 Å². The fraction of sp³-hybridized carbons (Fsp3) is 0.278. The number of hydrogen-bond acceptors (Lipinski definition) is 7. The van der Waals surface area contributed by atoms with Gasteiger partial charge in [0, 0.05) is 12.1 Å². The number of carbonyl (C=O) groups is 1. The molecule has 0 radical (unpaired) electrons. The predicted molar refractivity (Wildman–Crippen MR) is 111 cm³/mol. The highest BCUT2D eigenvalue weighted by Gasteiger charge is 2.29. The van der Waals surface area contributed by atoms with Crippen molar-refractivity contribution in [3.8, 4) is 11.5 Å². The molecule has 2 aromatic carbocycles. The van der Waals surface area contributed by atoms with Gasteiger partial charge in [0.25, 0.3) is 5.91 Å². The van der Waals surface area contributed by atoms with Crippen LogP contribution in [0.3, 0.4) is 0 Å². The van der Waals surface area contributed by atoms with Crippen molar-refractivity contribution in [3.63, 3.8) is 0 Å². The standard InChI is InChI=1S/C18H21N3O7S2/c1-19-30(26,27)17-10-12(4-7-16(17)28-2)18(23)20-14-11-13(5-6-15(14)22)21-8-3-9-29(21,24)25/h4-7,10-11,19,22H,3,8-9H2,1-2H3,(H,20,23). The normalized spacial score (nSPS) is 15.7. The van der Waals surface area contributed by atoms with Crippen LogP contribution in [0.25, 0.3) is 0 Å². The number of anilines is 2. The average Bonchev–Trinajstić information content (AvgIpc) is 3.08. The summed E-state index contributed by atoms with van der Waals surface area (Å²) in [4.78, 5) is 12.5. The second-order valence-electron chi connectivity index (χ2n) is 6.47. The molecule has 0 saturated carbocycles. The van der Waals surface area contributed by atoms with Crippen LogP contribution in [0.4, 0.5) is 11.4 Å². The number of hydrogen-bond donors (Lipinski definition) is 3. The third-order valence-electron chi connectivity index (χ3n) is 4.60. The molecule has 3 rings (SSSR count). The number of aromatic hydroxyl groups is 1. The molecule has 3 N–H and O–H groups in total. The van der Waals surface area contributed by atoms with Crippen LogP contribution in [0.5, 0.6) is 11.5 Å². The van der Waals surface area contributed by atoms with Gasteiger partial charge in [-0.25, -0.2) is 21.6 Å². The highest BCUT2D eigenvalue weighted by Crippen LogP contribution is 2.33. The summed E-state index contributed by atoms with van der Waals surface area (Å²) in [6.45, 7) is 0.310. The summed E-state index contributed by atoms with van der Waals surface area (Å²) < 4.78 is 57.1. The van der Waals surface area contributed by atoms with Crippen molar-refractivity contribution < 1.29 is 31.5 Å². The molecule has 1 aliphatic rings. The van der Waals surface area contributed by atoms with E-state index >= 15 is 0 Å². The fourth-order valence-corrected chi connectivity index (χ4v) is 5.52. The molecular formula is C18H21N3O7S2. The van der Waals surface area contributed by atoms with E-state index in [9.17, 15) is 26.7 Å². The predicted octanol–water partition coefficient (Wildman–Crippen LogP) is 1.10. The first-order valence-electron chi connectivity index (χ1n) is 8.85. The maximum atomic E-state index is 12.7. The lowest BCUT2D eigenvalue weighted by atomic mass is 10.2. The average molecular weight is 456 g/mol. The fourth-order valence-electron chi connectivity index (χ4n) is 3.04. The maximum absolute atomic E-state index is 12.7. The smallest absolute Gasteiger partial charge is 0.255 e. The van der Waals surface area contributed by atoms with E-state index in [0.717, 1.165) is 6.07 Å². The number of methoxy groups -OCH3 is 1. The summed E-state index contributed by atoms with van der Waals surface area (Å²) in [5, 5.41) is 12.6. The lowest BCUT2D eigenvalue weighted by molar-refractivity contribution is 0.102. The number of rotatable bonds is 6. The van der Waals surface area contributed by atoms with E-state index in [0.29, 0.717) is 18.7 Å². The lowest BCUT2D eigenvalue weighted by Gasteiger charge is -2.18.